The summed E-state index contributed by atoms with van der Waals surface area (Å²) >= 11 is 0. The van der Waals surface area contributed by atoms with Gasteiger partial charge in [0, 0.05) is 35.6 Å². The highest BCUT2D eigenvalue weighted by atomic mass is 16.1. The third kappa shape index (κ3) is 2.57. The summed E-state index contributed by atoms with van der Waals surface area (Å²) < 4.78 is 0. The molecule has 5 rings (SSSR count). The van der Waals surface area contributed by atoms with Gasteiger partial charge in [0.1, 0.15) is 0 Å². The zero-order valence-electron chi connectivity index (χ0n) is 15.6. The molecule has 3 heteroatoms. The molecule has 1 aliphatic heterocycles. The van der Waals surface area contributed by atoms with E-state index in [0.717, 1.165) is 23.2 Å². The first kappa shape index (κ1) is 16.2. The van der Waals surface area contributed by atoms with Crippen LogP contribution in [0.4, 0.5) is 5.69 Å². The minimum absolute atomic E-state index is 0.0268. The highest BCUT2D eigenvalue weighted by molar-refractivity contribution is 6.12. The topological polar surface area (TPSA) is 42.0 Å². The third-order valence-electron chi connectivity index (χ3n) is 5.76. The molecule has 2 aromatic carbocycles. The van der Waals surface area contributed by atoms with Crippen LogP contribution in [0.25, 0.3) is 16.3 Å². The number of nitrogens with one attached hydrogen (secondary N) is 1. The number of benzene rings is 2. The summed E-state index contributed by atoms with van der Waals surface area (Å²) in [5, 5.41) is 6.07. The molecule has 0 saturated carbocycles. The van der Waals surface area contributed by atoms with Crippen molar-refractivity contribution in [2.24, 2.45) is 5.41 Å². The second-order valence-corrected chi connectivity index (χ2v) is 8.41. The molecule has 0 bridgehead atoms. The van der Waals surface area contributed by atoms with Crippen molar-refractivity contribution in [1.29, 1.82) is 0 Å². The van der Waals surface area contributed by atoms with Crippen molar-refractivity contribution in [1.82, 2.24) is 4.98 Å². The molecule has 0 amide bonds. The normalized spacial score (nSPS) is 20.8. The van der Waals surface area contributed by atoms with Crippen molar-refractivity contribution in [2.75, 3.05) is 5.32 Å². The highest BCUT2D eigenvalue weighted by Gasteiger charge is 2.40. The number of pyridine rings is 1. The molecule has 3 aromatic rings. The Morgan fingerprint density at radius 2 is 1.89 bits per heavy atom. The average Bonchev–Trinajstić information content (AvgIpc) is 2.66. The summed E-state index contributed by atoms with van der Waals surface area (Å²) in [7, 11) is 0. The molecule has 3 nitrogen and oxygen atoms in total. The maximum atomic E-state index is 13.3. The zero-order chi connectivity index (χ0) is 18.6. The van der Waals surface area contributed by atoms with Gasteiger partial charge in [-0.3, -0.25) is 9.78 Å². The number of nitrogens with zero attached hydrogens (tertiary/aromatic N) is 1. The van der Waals surface area contributed by atoms with Gasteiger partial charge in [0.2, 0.25) is 0 Å². The lowest BCUT2D eigenvalue weighted by Crippen LogP contribution is -2.33. The molecule has 27 heavy (non-hydrogen) atoms. The van der Waals surface area contributed by atoms with Crippen LogP contribution in [-0.2, 0) is 4.79 Å². The summed E-state index contributed by atoms with van der Waals surface area (Å²) in [6, 6.07) is 16.6. The number of carbonyl (C=O) groups excluding carboxylic acids is 1. The Kier molecular flexibility index (Phi) is 3.48. The van der Waals surface area contributed by atoms with E-state index in [-0.39, 0.29) is 17.2 Å². The van der Waals surface area contributed by atoms with Crippen molar-refractivity contribution in [3.05, 3.63) is 77.6 Å². The summed E-state index contributed by atoms with van der Waals surface area (Å²) in [5.74, 6) is 0.251. The summed E-state index contributed by atoms with van der Waals surface area (Å²) in [4.78, 5) is 17.5. The van der Waals surface area contributed by atoms with E-state index in [1.165, 1.54) is 21.9 Å². The van der Waals surface area contributed by atoms with Crippen molar-refractivity contribution in [2.45, 2.75) is 32.7 Å². The van der Waals surface area contributed by atoms with Gasteiger partial charge in [-0.15, -0.1) is 0 Å². The van der Waals surface area contributed by atoms with Crippen LogP contribution in [0.15, 0.2) is 66.5 Å². The lowest BCUT2D eigenvalue weighted by molar-refractivity contribution is -0.118. The predicted molar refractivity (Wildman–Crippen MR) is 109 cm³/mol. The molecule has 0 spiro atoms. The van der Waals surface area contributed by atoms with Gasteiger partial charge in [0.25, 0.3) is 0 Å². The second kappa shape index (κ2) is 5.78. The van der Waals surface area contributed by atoms with Gasteiger partial charge in [0.05, 0.1) is 6.04 Å². The molecule has 1 unspecified atom stereocenters. The van der Waals surface area contributed by atoms with Crippen LogP contribution in [-0.4, -0.2) is 10.8 Å². The maximum Gasteiger partial charge on any atom is 0.162 e. The molecular weight excluding hydrogens is 332 g/mol. The average molecular weight is 354 g/mol. The second-order valence-electron chi connectivity index (χ2n) is 8.41. The van der Waals surface area contributed by atoms with Crippen molar-refractivity contribution in [3.8, 4) is 0 Å². The van der Waals surface area contributed by atoms with Crippen LogP contribution >= 0.6 is 0 Å². The van der Waals surface area contributed by atoms with Crippen LogP contribution in [0.1, 0.15) is 43.9 Å². The molecule has 1 N–H and O–H groups in total. The van der Waals surface area contributed by atoms with E-state index in [1.807, 2.05) is 18.3 Å². The molecule has 1 aromatic heterocycles. The molecule has 134 valence electrons. The van der Waals surface area contributed by atoms with Gasteiger partial charge in [-0.25, -0.2) is 0 Å². The first-order chi connectivity index (χ1) is 13.0. The molecule has 0 fully saturated rings. The zero-order valence-corrected chi connectivity index (χ0v) is 15.6. The van der Waals surface area contributed by atoms with Crippen LogP contribution in [0.2, 0.25) is 0 Å². The van der Waals surface area contributed by atoms with E-state index in [1.54, 1.807) is 6.20 Å². The fourth-order valence-corrected chi connectivity index (χ4v) is 4.63. The number of anilines is 1. The number of carbonyl (C=O) groups is 1. The number of aromatic nitrogens is 1. The Morgan fingerprint density at radius 3 is 2.70 bits per heavy atom. The van der Waals surface area contributed by atoms with Crippen molar-refractivity contribution in [3.63, 3.8) is 0 Å². The van der Waals surface area contributed by atoms with Gasteiger partial charge >= 0.3 is 0 Å². The highest BCUT2D eigenvalue weighted by Crippen LogP contribution is 2.51. The van der Waals surface area contributed by atoms with E-state index in [4.69, 9.17) is 0 Å². The SMILES string of the molecule is CC1(C)CC(=O)C2=C(C1)c1c(ccc3ccccc13)NC2c1cccnc1. The van der Waals surface area contributed by atoms with Crippen LogP contribution < -0.4 is 5.32 Å². The van der Waals surface area contributed by atoms with Gasteiger partial charge in [-0.05, 0) is 45.9 Å². The quantitative estimate of drug-likeness (QED) is 0.623. The molecule has 0 saturated heterocycles. The summed E-state index contributed by atoms with van der Waals surface area (Å²) in [6.45, 7) is 4.39. The molecule has 2 aliphatic rings. The Balaban J connectivity index is 1.82. The number of hydrogen-bond acceptors (Lipinski definition) is 3. The van der Waals surface area contributed by atoms with Crippen LogP contribution in [0.5, 0.6) is 0 Å². The minimum atomic E-state index is -0.133. The first-order valence-corrected chi connectivity index (χ1v) is 9.48. The molecule has 1 atom stereocenters. The molecule has 0 radical (unpaired) electrons. The standard InChI is InChI=1S/C24H22N2O/c1-24(2)12-18-21-17-8-4-3-6-15(17)9-10-19(21)26-23(22(18)20(27)13-24)16-7-5-11-25-14-16/h3-11,14,23,26H,12-13H2,1-2H3. The number of allylic oxidation sites excluding steroid dienone is 1. The number of ketones is 1. The smallest absolute Gasteiger partial charge is 0.162 e. The predicted octanol–water partition coefficient (Wildman–Crippen LogP) is 5.54. The van der Waals surface area contributed by atoms with Crippen molar-refractivity contribution < 1.29 is 4.79 Å². The maximum absolute atomic E-state index is 13.3. The van der Waals surface area contributed by atoms with Gasteiger partial charge in [0.15, 0.2) is 5.78 Å². The summed E-state index contributed by atoms with van der Waals surface area (Å²) in [5.41, 5.74) is 5.44. The van der Waals surface area contributed by atoms with Gasteiger partial charge in [-0.1, -0.05) is 50.2 Å². The number of fused-ring (bicyclic) bond motifs is 4. The number of Topliss-reactive ketones (excluding diaryl/α,β-unsaturated/α-hetero) is 1. The lowest BCUT2D eigenvalue weighted by Gasteiger charge is -2.40. The molecular formula is C24H22N2O. The van der Waals surface area contributed by atoms with E-state index in [2.05, 4.69) is 60.5 Å². The van der Waals surface area contributed by atoms with E-state index in [9.17, 15) is 4.79 Å². The Morgan fingerprint density at radius 1 is 1.04 bits per heavy atom. The van der Waals surface area contributed by atoms with Crippen LogP contribution in [0.3, 0.4) is 0 Å². The van der Waals surface area contributed by atoms with E-state index in [0.29, 0.717) is 6.42 Å². The Labute approximate surface area is 159 Å². The van der Waals surface area contributed by atoms with Crippen molar-refractivity contribution >= 4 is 27.8 Å². The summed E-state index contributed by atoms with van der Waals surface area (Å²) in [6.07, 6.45) is 5.13. The third-order valence-corrected chi connectivity index (χ3v) is 5.76. The number of hydrogen-bond donors (Lipinski definition) is 1. The monoisotopic (exact) mass is 354 g/mol. The number of rotatable bonds is 1. The first-order valence-electron chi connectivity index (χ1n) is 9.48. The fraction of sp³-hybridized carbons (Fsp3) is 0.250. The molecule has 1 aliphatic carbocycles. The minimum Gasteiger partial charge on any atom is -0.373 e. The Bertz CT molecular complexity index is 1100. The molecule has 2 heterocycles. The van der Waals surface area contributed by atoms with Gasteiger partial charge in [-0.2, -0.15) is 0 Å². The lowest BCUT2D eigenvalue weighted by atomic mass is 9.68. The van der Waals surface area contributed by atoms with E-state index >= 15 is 0 Å². The van der Waals surface area contributed by atoms with E-state index < -0.39 is 0 Å². The Hall–Kier alpha value is -2.94. The van der Waals surface area contributed by atoms with Crippen LogP contribution in [0, 0.1) is 5.41 Å². The fourth-order valence-electron chi connectivity index (χ4n) is 4.63. The largest absolute Gasteiger partial charge is 0.373 e. The van der Waals surface area contributed by atoms with Gasteiger partial charge < -0.3 is 5.32 Å².